The fraction of sp³-hybridized carbons (Fsp3) is 0.500. The van der Waals surface area contributed by atoms with E-state index in [1.165, 1.54) is 17.8 Å². The average molecular weight is 231 g/mol. The Hall–Kier alpha value is -1.05. The Labute approximate surface area is 90.9 Å². The molecule has 84 valence electrons. The summed E-state index contributed by atoms with van der Waals surface area (Å²) in [6.45, 7) is 0.823. The third-order valence-corrected chi connectivity index (χ3v) is 2.28. The number of anilines is 1. The number of aromatic nitrogens is 2. The van der Waals surface area contributed by atoms with E-state index in [9.17, 15) is 4.79 Å². The summed E-state index contributed by atoms with van der Waals surface area (Å²) in [6.07, 6.45) is 0. The Morgan fingerprint density at radius 3 is 3.07 bits per heavy atom. The summed E-state index contributed by atoms with van der Waals surface area (Å²) in [4.78, 5) is 17.5. The minimum absolute atomic E-state index is 0.0119. The van der Waals surface area contributed by atoms with Crippen molar-refractivity contribution >= 4 is 17.6 Å². The lowest BCUT2D eigenvalue weighted by molar-refractivity contribution is 0.103. The predicted molar refractivity (Wildman–Crippen MR) is 57.9 cm³/mol. The maximum absolute atomic E-state index is 11.0. The number of aromatic amines is 1. The number of aliphatic hydroxyl groups excluding tert-OH is 1. The molecule has 6 nitrogen and oxygen atoms in total. The van der Waals surface area contributed by atoms with Gasteiger partial charge in [-0.25, -0.2) is 4.98 Å². The maximum Gasteiger partial charge on any atom is 0.253 e. The van der Waals surface area contributed by atoms with Gasteiger partial charge in [-0.1, -0.05) is 11.8 Å². The number of hydrogen-bond donors (Lipinski definition) is 3. The first kappa shape index (κ1) is 12.0. The third kappa shape index (κ3) is 4.82. The molecular weight excluding hydrogens is 218 g/mol. The molecule has 0 aliphatic heterocycles. The van der Waals surface area contributed by atoms with E-state index in [1.807, 2.05) is 0 Å². The normalized spacial score (nSPS) is 10.5. The van der Waals surface area contributed by atoms with E-state index >= 15 is 0 Å². The molecule has 0 aromatic carbocycles. The molecular formula is C8H13N3O3S. The fourth-order valence-corrected chi connectivity index (χ4v) is 1.62. The molecule has 1 aromatic heterocycles. The number of nitrogens with one attached hydrogen (secondary N) is 1. The van der Waals surface area contributed by atoms with E-state index in [2.05, 4.69) is 9.97 Å². The Balaban J connectivity index is 2.34. The van der Waals surface area contributed by atoms with Crippen molar-refractivity contribution in [2.24, 2.45) is 0 Å². The lowest BCUT2D eigenvalue weighted by Gasteiger charge is -2.02. The van der Waals surface area contributed by atoms with Crippen LogP contribution in [0.3, 0.4) is 0 Å². The highest BCUT2D eigenvalue weighted by molar-refractivity contribution is 7.99. The number of ether oxygens (including phenoxy) is 1. The number of nitrogens with zero attached hydrogens (tertiary/aromatic N) is 1. The zero-order chi connectivity index (χ0) is 11.1. The van der Waals surface area contributed by atoms with Crippen molar-refractivity contribution < 1.29 is 9.84 Å². The first-order valence-electron chi connectivity index (χ1n) is 4.40. The molecule has 0 saturated heterocycles. The lowest BCUT2D eigenvalue weighted by Crippen LogP contribution is -2.10. The fourth-order valence-electron chi connectivity index (χ4n) is 0.886. The summed E-state index contributed by atoms with van der Waals surface area (Å²) in [5.74, 6) is 0.851. The van der Waals surface area contributed by atoms with Crippen molar-refractivity contribution in [3.8, 4) is 0 Å². The van der Waals surface area contributed by atoms with Crippen LogP contribution in [0, 0.1) is 0 Å². The second-order valence-electron chi connectivity index (χ2n) is 2.66. The first-order valence-corrected chi connectivity index (χ1v) is 5.39. The molecule has 0 amide bonds. The van der Waals surface area contributed by atoms with Crippen LogP contribution >= 0.6 is 11.8 Å². The molecule has 0 aliphatic carbocycles. The van der Waals surface area contributed by atoms with Crippen LogP contribution in [0.25, 0.3) is 0 Å². The molecule has 15 heavy (non-hydrogen) atoms. The second kappa shape index (κ2) is 6.44. The van der Waals surface area contributed by atoms with Crippen LogP contribution in [-0.2, 0) is 4.74 Å². The van der Waals surface area contributed by atoms with Gasteiger partial charge in [0.15, 0.2) is 5.16 Å². The minimum Gasteiger partial charge on any atom is -0.394 e. The highest BCUT2D eigenvalue weighted by Crippen LogP contribution is 2.10. The summed E-state index contributed by atoms with van der Waals surface area (Å²) < 4.78 is 5.04. The summed E-state index contributed by atoms with van der Waals surface area (Å²) in [6, 6.07) is 1.23. The molecule has 1 heterocycles. The monoisotopic (exact) mass is 231 g/mol. The number of aliphatic hydroxyl groups is 1. The number of thioether (sulfide) groups is 1. The zero-order valence-corrected chi connectivity index (χ0v) is 8.92. The third-order valence-electron chi connectivity index (χ3n) is 1.44. The molecule has 0 atom stereocenters. The molecule has 7 heteroatoms. The molecule has 0 radical (unpaired) electrons. The second-order valence-corrected chi connectivity index (χ2v) is 3.74. The summed E-state index contributed by atoms with van der Waals surface area (Å²) in [5.41, 5.74) is 5.14. The summed E-state index contributed by atoms with van der Waals surface area (Å²) in [7, 11) is 0. The van der Waals surface area contributed by atoms with Gasteiger partial charge in [-0.15, -0.1) is 0 Å². The van der Waals surface area contributed by atoms with Gasteiger partial charge in [0.05, 0.1) is 19.8 Å². The van der Waals surface area contributed by atoms with Gasteiger partial charge in [-0.2, -0.15) is 0 Å². The number of nitrogens with two attached hydrogens (primary N) is 1. The molecule has 0 spiro atoms. The Kier molecular flexibility index (Phi) is 5.16. The highest BCUT2D eigenvalue weighted by Gasteiger charge is 1.99. The largest absolute Gasteiger partial charge is 0.394 e. The van der Waals surface area contributed by atoms with Crippen molar-refractivity contribution in [3.05, 3.63) is 16.4 Å². The molecule has 0 bridgehead atoms. The van der Waals surface area contributed by atoms with Gasteiger partial charge in [0.2, 0.25) is 0 Å². The van der Waals surface area contributed by atoms with E-state index < -0.39 is 0 Å². The average Bonchev–Trinajstić information content (AvgIpc) is 2.16. The van der Waals surface area contributed by atoms with Gasteiger partial charge in [0.25, 0.3) is 5.56 Å². The van der Waals surface area contributed by atoms with Gasteiger partial charge in [0.1, 0.15) is 5.82 Å². The van der Waals surface area contributed by atoms with Crippen LogP contribution in [0.4, 0.5) is 5.82 Å². The number of nitrogen functional groups attached to an aromatic ring is 1. The number of hydrogen-bond acceptors (Lipinski definition) is 6. The first-order chi connectivity index (χ1) is 7.22. The van der Waals surface area contributed by atoms with Gasteiger partial charge >= 0.3 is 0 Å². The van der Waals surface area contributed by atoms with Crippen LogP contribution < -0.4 is 11.3 Å². The van der Waals surface area contributed by atoms with Gasteiger partial charge in [-0.05, 0) is 0 Å². The summed E-state index contributed by atoms with van der Waals surface area (Å²) in [5, 5.41) is 8.93. The predicted octanol–water partition coefficient (Wildman–Crippen LogP) is -0.547. The topological polar surface area (TPSA) is 101 Å². The molecule has 0 unspecified atom stereocenters. The zero-order valence-electron chi connectivity index (χ0n) is 8.10. The Bertz CT molecular complexity index is 355. The molecule has 1 rings (SSSR count). The van der Waals surface area contributed by atoms with E-state index in [1.54, 1.807) is 0 Å². The van der Waals surface area contributed by atoms with Crippen molar-refractivity contribution in [1.29, 1.82) is 0 Å². The number of rotatable bonds is 6. The van der Waals surface area contributed by atoms with Crippen LogP contribution in [0.1, 0.15) is 0 Å². The molecule has 0 saturated carbocycles. The van der Waals surface area contributed by atoms with Crippen LogP contribution in [-0.4, -0.2) is 40.6 Å². The van der Waals surface area contributed by atoms with Crippen molar-refractivity contribution in [1.82, 2.24) is 9.97 Å². The van der Waals surface area contributed by atoms with Crippen LogP contribution in [0.15, 0.2) is 16.0 Å². The van der Waals surface area contributed by atoms with Crippen LogP contribution in [0.2, 0.25) is 0 Å². The maximum atomic E-state index is 11.0. The highest BCUT2D eigenvalue weighted by atomic mass is 32.2. The van der Waals surface area contributed by atoms with E-state index in [0.717, 1.165) is 0 Å². The SMILES string of the molecule is Nc1cc(=O)[nH]c(SCCOCCO)n1. The molecule has 4 N–H and O–H groups in total. The Morgan fingerprint density at radius 2 is 2.40 bits per heavy atom. The minimum atomic E-state index is -0.263. The lowest BCUT2D eigenvalue weighted by atomic mass is 10.6. The van der Waals surface area contributed by atoms with Gasteiger partial charge in [-0.3, -0.25) is 4.79 Å². The van der Waals surface area contributed by atoms with Crippen LogP contribution in [0.5, 0.6) is 0 Å². The smallest absolute Gasteiger partial charge is 0.253 e. The number of H-pyrrole nitrogens is 1. The molecule has 1 aromatic rings. The molecule has 0 aliphatic rings. The van der Waals surface area contributed by atoms with Gasteiger partial charge < -0.3 is 20.6 Å². The van der Waals surface area contributed by atoms with E-state index in [4.69, 9.17) is 15.6 Å². The Morgan fingerprint density at radius 1 is 1.60 bits per heavy atom. The van der Waals surface area contributed by atoms with E-state index in [-0.39, 0.29) is 18.0 Å². The van der Waals surface area contributed by atoms with Crippen molar-refractivity contribution in [2.45, 2.75) is 5.16 Å². The molecule has 0 fully saturated rings. The van der Waals surface area contributed by atoms with E-state index in [0.29, 0.717) is 24.1 Å². The summed E-state index contributed by atoms with van der Waals surface area (Å²) >= 11 is 1.35. The van der Waals surface area contributed by atoms with Crippen molar-refractivity contribution in [3.63, 3.8) is 0 Å². The standard InChI is InChI=1S/C8H13N3O3S/c9-6-5-7(13)11-8(10-6)15-4-3-14-2-1-12/h5,12H,1-4H2,(H3,9,10,11,13). The quantitative estimate of drug-likeness (QED) is 0.345. The van der Waals surface area contributed by atoms with Gasteiger partial charge in [0, 0.05) is 11.8 Å². The van der Waals surface area contributed by atoms with Crippen molar-refractivity contribution in [2.75, 3.05) is 31.3 Å².